The number of benzene rings is 2. The van der Waals surface area contributed by atoms with Crippen LogP contribution in [0.4, 0.5) is 5.82 Å². The maximum absolute atomic E-state index is 12.1. The summed E-state index contributed by atoms with van der Waals surface area (Å²) in [7, 11) is 1.94. The molecule has 0 bridgehead atoms. The van der Waals surface area contributed by atoms with E-state index in [-0.39, 0.29) is 17.9 Å². The van der Waals surface area contributed by atoms with Gasteiger partial charge in [-0.25, -0.2) is 9.97 Å². The van der Waals surface area contributed by atoms with Crippen LogP contribution in [-0.4, -0.2) is 73.7 Å². The lowest BCUT2D eigenvalue weighted by Crippen LogP contribution is -2.62. The zero-order chi connectivity index (χ0) is 28.5. The highest BCUT2D eigenvalue weighted by Gasteiger charge is 2.39. The molecule has 2 aromatic heterocycles. The standard InChI is InChI=1S/C32H32N6O3/c1-3-28(40)37-16-15-27(39)26(19-37)38-17-21(18-38)9-14-25-29(30-31(33)34-20-35-32(30)36(25)2)22-10-12-24(13-11-22)41-23-7-5-4-6-8-23/h3-8,10-13,20-21,26-27,39H,1,15-19H2,2H3,(H2,33,34,35)/t26-,27-/m1/s1. The van der Waals surface area contributed by atoms with Crippen molar-refractivity contribution in [2.45, 2.75) is 18.6 Å². The van der Waals surface area contributed by atoms with Crippen molar-refractivity contribution in [1.82, 2.24) is 24.3 Å². The van der Waals surface area contributed by atoms with Crippen molar-refractivity contribution in [2.75, 3.05) is 31.9 Å². The molecule has 1 amide bonds. The van der Waals surface area contributed by atoms with E-state index in [0.717, 1.165) is 46.8 Å². The van der Waals surface area contributed by atoms with Crippen LogP contribution in [0.2, 0.25) is 0 Å². The van der Waals surface area contributed by atoms with Crippen LogP contribution in [0.1, 0.15) is 12.1 Å². The molecule has 9 heteroatoms. The van der Waals surface area contributed by atoms with Gasteiger partial charge in [-0.05, 0) is 48.2 Å². The molecule has 9 nitrogen and oxygen atoms in total. The van der Waals surface area contributed by atoms with Crippen molar-refractivity contribution in [1.29, 1.82) is 0 Å². The van der Waals surface area contributed by atoms with Gasteiger partial charge in [0.05, 0.1) is 17.5 Å². The number of aryl methyl sites for hydroxylation is 1. The van der Waals surface area contributed by atoms with E-state index in [1.807, 2.05) is 66.2 Å². The number of nitrogens with two attached hydrogens (primary N) is 1. The molecule has 4 aromatic rings. The third kappa shape index (κ3) is 5.15. The van der Waals surface area contributed by atoms with Gasteiger partial charge < -0.3 is 25.0 Å². The third-order valence-corrected chi connectivity index (χ3v) is 7.92. The largest absolute Gasteiger partial charge is 0.457 e. The molecule has 41 heavy (non-hydrogen) atoms. The molecular formula is C32H32N6O3. The first-order valence-electron chi connectivity index (χ1n) is 13.7. The number of anilines is 1. The second kappa shape index (κ2) is 11.1. The summed E-state index contributed by atoms with van der Waals surface area (Å²) < 4.78 is 7.94. The summed E-state index contributed by atoms with van der Waals surface area (Å²) in [5, 5.41) is 11.4. The van der Waals surface area contributed by atoms with Gasteiger partial charge >= 0.3 is 0 Å². The lowest BCUT2D eigenvalue weighted by molar-refractivity contribution is -0.131. The van der Waals surface area contributed by atoms with Crippen molar-refractivity contribution >= 4 is 22.8 Å². The number of nitrogens with zero attached hydrogens (tertiary/aromatic N) is 5. The van der Waals surface area contributed by atoms with E-state index in [9.17, 15) is 9.90 Å². The minimum absolute atomic E-state index is 0.0921. The maximum atomic E-state index is 12.1. The third-order valence-electron chi connectivity index (χ3n) is 7.92. The second-order valence-electron chi connectivity index (χ2n) is 10.5. The zero-order valence-corrected chi connectivity index (χ0v) is 22.9. The number of aliphatic hydroxyl groups excluding tert-OH is 1. The van der Waals surface area contributed by atoms with E-state index in [0.29, 0.717) is 31.0 Å². The molecular weight excluding hydrogens is 516 g/mol. The first kappa shape index (κ1) is 26.6. The van der Waals surface area contributed by atoms with Gasteiger partial charge in [0.15, 0.2) is 0 Å². The van der Waals surface area contributed by atoms with Crippen molar-refractivity contribution in [3.05, 3.63) is 79.3 Å². The zero-order valence-electron chi connectivity index (χ0n) is 22.9. The first-order valence-corrected chi connectivity index (χ1v) is 13.7. The van der Waals surface area contributed by atoms with Crippen LogP contribution in [0.15, 0.2) is 73.6 Å². The van der Waals surface area contributed by atoms with Gasteiger partial charge in [0.25, 0.3) is 0 Å². The Hall–Kier alpha value is -4.65. The van der Waals surface area contributed by atoms with E-state index in [4.69, 9.17) is 10.5 Å². The first-order chi connectivity index (χ1) is 19.9. The Morgan fingerprint density at radius 3 is 2.56 bits per heavy atom. The summed E-state index contributed by atoms with van der Waals surface area (Å²) in [5.41, 5.74) is 9.71. The van der Waals surface area contributed by atoms with Gasteiger partial charge in [-0.2, -0.15) is 0 Å². The number of amides is 1. The van der Waals surface area contributed by atoms with Gasteiger partial charge in [0.2, 0.25) is 5.91 Å². The number of piperidine rings is 1. The molecule has 208 valence electrons. The number of ether oxygens (including phenoxy) is 1. The van der Waals surface area contributed by atoms with Crippen LogP contribution in [0, 0.1) is 17.8 Å². The Kier molecular flexibility index (Phi) is 7.18. The van der Waals surface area contributed by atoms with Crippen LogP contribution in [0.25, 0.3) is 22.2 Å². The summed E-state index contributed by atoms with van der Waals surface area (Å²) in [6, 6.07) is 17.4. The number of hydrogen-bond donors (Lipinski definition) is 2. The number of hydrogen-bond acceptors (Lipinski definition) is 7. The van der Waals surface area contributed by atoms with E-state index in [1.165, 1.54) is 12.4 Å². The molecule has 2 aliphatic rings. The molecule has 2 aliphatic heterocycles. The van der Waals surface area contributed by atoms with Crippen molar-refractivity contribution in [3.63, 3.8) is 0 Å². The van der Waals surface area contributed by atoms with E-state index < -0.39 is 6.10 Å². The van der Waals surface area contributed by atoms with Crippen molar-refractivity contribution < 1.29 is 14.6 Å². The number of nitrogen functional groups attached to an aromatic ring is 1. The fourth-order valence-corrected chi connectivity index (χ4v) is 5.67. The Bertz CT molecular complexity index is 1650. The van der Waals surface area contributed by atoms with Crippen molar-refractivity contribution in [3.8, 4) is 34.5 Å². The number of carbonyl (C=O) groups excluding carboxylic acids is 1. The Balaban J connectivity index is 1.25. The quantitative estimate of drug-likeness (QED) is 0.290. The van der Waals surface area contributed by atoms with Crippen LogP contribution in [-0.2, 0) is 11.8 Å². The lowest BCUT2D eigenvalue weighted by Gasteiger charge is -2.48. The molecule has 2 fully saturated rings. The highest BCUT2D eigenvalue weighted by molar-refractivity contribution is 6.03. The van der Waals surface area contributed by atoms with Crippen molar-refractivity contribution in [2.24, 2.45) is 13.0 Å². The van der Waals surface area contributed by atoms with Gasteiger partial charge in [0, 0.05) is 44.7 Å². The topological polar surface area (TPSA) is 110 Å². The van der Waals surface area contributed by atoms with Gasteiger partial charge in [0.1, 0.15) is 35.0 Å². The summed E-state index contributed by atoms with van der Waals surface area (Å²) in [5.74, 6) is 8.80. The van der Waals surface area contributed by atoms with Gasteiger partial charge in [-0.15, -0.1) is 0 Å². The Labute approximate surface area is 238 Å². The van der Waals surface area contributed by atoms with E-state index in [1.54, 1.807) is 4.90 Å². The number of aliphatic hydroxyl groups is 1. The SMILES string of the molecule is C=CC(=O)N1CC[C@@H](O)[C@H](N2CC(C#Cc3c(-c4ccc(Oc5ccccc5)cc4)c4c(N)ncnc4n3C)C2)C1. The second-order valence-corrected chi connectivity index (χ2v) is 10.5. The maximum Gasteiger partial charge on any atom is 0.246 e. The minimum atomic E-state index is -0.460. The molecule has 0 radical (unpaired) electrons. The molecule has 0 unspecified atom stereocenters. The Morgan fingerprint density at radius 2 is 1.83 bits per heavy atom. The van der Waals surface area contributed by atoms with Crippen LogP contribution in [0.5, 0.6) is 11.5 Å². The molecule has 0 aliphatic carbocycles. The highest BCUT2D eigenvalue weighted by Crippen LogP contribution is 2.37. The molecule has 6 rings (SSSR count). The monoisotopic (exact) mass is 548 g/mol. The van der Waals surface area contributed by atoms with E-state index >= 15 is 0 Å². The average molecular weight is 549 g/mol. The number of likely N-dealkylation sites (tertiary alicyclic amines) is 2. The fraction of sp³-hybridized carbons (Fsp3) is 0.281. The fourth-order valence-electron chi connectivity index (χ4n) is 5.67. The van der Waals surface area contributed by atoms with Gasteiger partial charge in [-0.1, -0.05) is 42.8 Å². The molecule has 3 N–H and O–H groups in total. The number of para-hydroxylation sites is 1. The summed E-state index contributed by atoms with van der Waals surface area (Å²) in [6.07, 6.45) is 2.91. The molecule has 2 aromatic carbocycles. The average Bonchev–Trinajstić information content (AvgIpc) is 3.26. The predicted octanol–water partition coefficient (Wildman–Crippen LogP) is 3.44. The van der Waals surface area contributed by atoms with Crippen LogP contribution in [0.3, 0.4) is 0 Å². The van der Waals surface area contributed by atoms with Crippen LogP contribution >= 0.6 is 0 Å². The smallest absolute Gasteiger partial charge is 0.246 e. The highest BCUT2D eigenvalue weighted by atomic mass is 16.5. The minimum Gasteiger partial charge on any atom is -0.457 e. The molecule has 2 saturated heterocycles. The molecule has 4 heterocycles. The number of fused-ring (bicyclic) bond motifs is 1. The number of aromatic nitrogens is 3. The summed E-state index contributed by atoms with van der Waals surface area (Å²) in [6.45, 7) is 6.11. The number of rotatable bonds is 5. The molecule has 0 saturated carbocycles. The Morgan fingerprint density at radius 1 is 1.10 bits per heavy atom. The normalized spacial score (nSPS) is 19.3. The van der Waals surface area contributed by atoms with E-state index in [2.05, 4.69) is 33.3 Å². The molecule has 0 spiro atoms. The predicted molar refractivity (Wildman–Crippen MR) is 158 cm³/mol. The summed E-state index contributed by atoms with van der Waals surface area (Å²) in [4.78, 5) is 24.8. The summed E-state index contributed by atoms with van der Waals surface area (Å²) >= 11 is 0. The molecule has 2 atom stereocenters. The van der Waals surface area contributed by atoms with Crippen LogP contribution < -0.4 is 10.5 Å². The lowest BCUT2D eigenvalue weighted by atomic mass is 9.92. The number of carbonyl (C=O) groups is 1. The van der Waals surface area contributed by atoms with Gasteiger partial charge in [-0.3, -0.25) is 9.69 Å².